The maximum atomic E-state index is 5.98. The van der Waals surface area contributed by atoms with E-state index < -0.39 is 0 Å². The summed E-state index contributed by atoms with van der Waals surface area (Å²) in [5, 5.41) is 0. The van der Waals surface area contributed by atoms with Crippen LogP contribution >= 0.6 is 0 Å². The van der Waals surface area contributed by atoms with Crippen molar-refractivity contribution in [2.45, 2.75) is 26.8 Å². The Kier molecular flexibility index (Phi) is 3.15. The van der Waals surface area contributed by atoms with Crippen LogP contribution in [-0.2, 0) is 0 Å². The lowest BCUT2D eigenvalue weighted by Gasteiger charge is -2.21. The fraction of sp³-hybridized carbons (Fsp3) is 0.615. The van der Waals surface area contributed by atoms with Gasteiger partial charge in [0.05, 0.1) is 0 Å². The Balaban J connectivity index is 2.27. The summed E-state index contributed by atoms with van der Waals surface area (Å²) in [6, 6.07) is 4.10. The van der Waals surface area contributed by atoms with Gasteiger partial charge in [-0.3, -0.25) is 0 Å². The van der Waals surface area contributed by atoms with Crippen molar-refractivity contribution < 1.29 is 0 Å². The average Bonchev–Trinajstić information content (AvgIpc) is 2.59. The van der Waals surface area contributed by atoms with Gasteiger partial charge in [0, 0.05) is 30.9 Å². The highest BCUT2D eigenvalue weighted by molar-refractivity contribution is 5.49. The standard InChI is InChI=1S/C13H21N3/c1-9-7-16(8-10(9)2)13-12(11(3)14)5-4-6-15-13/h4-6,9-11H,7-8,14H2,1-3H3/t9?,10?,11-/m1/s1. The summed E-state index contributed by atoms with van der Waals surface area (Å²) in [5.41, 5.74) is 7.14. The molecule has 1 aromatic heterocycles. The second-order valence-corrected chi connectivity index (χ2v) is 5.06. The van der Waals surface area contributed by atoms with Gasteiger partial charge < -0.3 is 10.6 Å². The number of nitrogens with two attached hydrogens (primary N) is 1. The van der Waals surface area contributed by atoms with E-state index in [1.54, 1.807) is 0 Å². The number of nitrogens with zero attached hydrogens (tertiary/aromatic N) is 2. The molecule has 0 aliphatic carbocycles. The van der Waals surface area contributed by atoms with Crippen LogP contribution < -0.4 is 10.6 Å². The molecule has 16 heavy (non-hydrogen) atoms. The highest BCUT2D eigenvalue weighted by Gasteiger charge is 2.28. The average molecular weight is 219 g/mol. The zero-order chi connectivity index (χ0) is 11.7. The molecule has 1 fully saturated rings. The molecule has 88 valence electrons. The number of pyridine rings is 1. The van der Waals surface area contributed by atoms with Crippen molar-refractivity contribution in [1.82, 2.24) is 4.98 Å². The Labute approximate surface area is 97.7 Å². The molecule has 3 heteroatoms. The minimum atomic E-state index is 0.0508. The first-order chi connectivity index (χ1) is 7.59. The second kappa shape index (κ2) is 4.42. The van der Waals surface area contributed by atoms with Crippen molar-refractivity contribution in [3.63, 3.8) is 0 Å². The molecular formula is C13H21N3. The first kappa shape index (κ1) is 11.4. The molecule has 2 rings (SSSR count). The highest BCUT2D eigenvalue weighted by atomic mass is 15.2. The van der Waals surface area contributed by atoms with Crippen molar-refractivity contribution in [2.75, 3.05) is 18.0 Å². The lowest BCUT2D eigenvalue weighted by Crippen LogP contribution is -2.24. The van der Waals surface area contributed by atoms with Gasteiger partial charge in [-0.05, 0) is 24.8 Å². The lowest BCUT2D eigenvalue weighted by molar-refractivity contribution is 0.494. The largest absolute Gasteiger partial charge is 0.356 e. The summed E-state index contributed by atoms with van der Waals surface area (Å²) in [6.45, 7) is 8.82. The topological polar surface area (TPSA) is 42.2 Å². The number of rotatable bonds is 2. The molecule has 1 saturated heterocycles. The highest BCUT2D eigenvalue weighted by Crippen LogP contribution is 2.30. The monoisotopic (exact) mass is 219 g/mol. The van der Waals surface area contributed by atoms with E-state index in [-0.39, 0.29) is 6.04 Å². The fourth-order valence-electron chi connectivity index (χ4n) is 2.33. The normalized spacial score (nSPS) is 27.1. The van der Waals surface area contributed by atoms with Gasteiger partial charge in [-0.2, -0.15) is 0 Å². The molecular weight excluding hydrogens is 198 g/mol. The number of hydrogen-bond acceptors (Lipinski definition) is 3. The summed E-state index contributed by atoms with van der Waals surface area (Å²) >= 11 is 0. The predicted octanol–water partition coefficient (Wildman–Crippen LogP) is 2.19. The Bertz CT molecular complexity index is 352. The molecule has 2 N–H and O–H groups in total. The van der Waals surface area contributed by atoms with Crippen LogP contribution in [0, 0.1) is 11.8 Å². The molecule has 1 aliphatic heterocycles. The number of anilines is 1. The first-order valence-electron chi connectivity index (χ1n) is 6.05. The van der Waals surface area contributed by atoms with Crippen molar-refractivity contribution in [3.8, 4) is 0 Å². The summed E-state index contributed by atoms with van der Waals surface area (Å²) in [5.74, 6) is 2.56. The molecule has 3 atom stereocenters. The van der Waals surface area contributed by atoms with Crippen LogP contribution in [0.15, 0.2) is 18.3 Å². The van der Waals surface area contributed by atoms with E-state index in [9.17, 15) is 0 Å². The van der Waals surface area contributed by atoms with Crippen LogP contribution in [0.4, 0.5) is 5.82 Å². The van der Waals surface area contributed by atoms with Gasteiger partial charge in [-0.15, -0.1) is 0 Å². The van der Waals surface area contributed by atoms with E-state index in [0.717, 1.165) is 36.3 Å². The molecule has 3 nitrogen and oxygen atoms in total. The molecule has 2 unspecified atom stereocenters. The van der Waals surface area contributed by atoms with E-state index in [1.165, 1.54) is 0 Å². The van der Waals surface area contributed by atoms with Gasteiger partial charge in [0.15, 0.2) is 0 Å². The van der Waals surface area contributed by atoms with E-state index in [0.29, 0.717) is 0 Å². The van der Waals surface area contributed by atoms with Gasteiger partial charge >= 0.3 is 0 Å². The van der Waals surface area contributed by atoms with Crippen LogP contribution in [-0.4, -0.2) is 18.1 Å². The van der Waals surface area contributed by atoms with Crippen molar-refractivity contribution >= 4 is 5.82 Å². The van der Waals surface area contributed by atoms with Crippen LogP contribution in [0.5, 0.6) is 0 Å². The third-order valence-electron chi connectivity index (χ3n) is 3.60. The van der Waals surface area contributed by atoms with Gasteiger partial charge in [0.2, 0.25) is 0 Å². The molecule has 2 heterocycles. The molecule has 0 saturated carbocycles. The maximum absolute atomic E-state index is 5.98. The first-order valence-corrected chi connectivity index (χ1v) is 6.05. The SMILES string of the molecule is CC1CN(c2ncccc2[C@@H](C)N)CC1C. The molecule has 0 amide bonds. The smallest absolute Gasteiger partial charge is 0.133 e. The van der Waals surface area contributed by atoms with Gasteiger partial charge in [-0.1, -0.05) is 19.9 Å². The Morgan fingerprint density at radius 3 is 2.56 bits per heavy atom. The minimum Gasteiger partial charge on any atom is -0.356 e. The molecule has 0 aromatic carbocycles. The van der Waals surface area contributed by atoms with Crippen molar-refractivity contribution in [3.05, 3.63) is 23.9 Å². The van der Waals surface area contributed by atoms with Crippen LogP contribution in [0.1, 0.15) is 32.4 Å². The van der Waals surface area contributed by atoms with E-state index in [1.807, 2.05) is 19.2 Å². The number of hydrogen-bond donors (Lipinski definition) is 1. The van der Waals surface area contributed by atoms with Crippen LogP contribution in [0.3, 0.4) is 0 Å². The number of aromatic nitrogens is 1. The maximum Gasteiger partial charge on any atom is 0.133 e. The molecule has 0 bridgehead atoms. The summed E-state index contributed by atoms with van der Waals surface area (Å²) in [6.07, 6.45) is 1.86. The molecule has 0 radical (unpaired) electrons. The van der Waals surface area contributed by atoms with E-state index in [2.05, 4.69) is 29.8 Å². The summed E-state index contributed by atoms with van der Waals surface area (Å²) in [4.78, 5) is 6.87. The van der Waals surface area contributed by atoms with Gasteiger partial charge in [0.25, 0.3) is 0 Å². The Morgan fingerprint density at radius 2 is 2.00 bits per heavy atom. The molecule has 0 spiro atoms. The lowest BCUT2D eigenvalue weighted by atomic mass is 10.0. The third-order valence-corrected chi connectivity index (χ3v) is 3.60. The Hall–Kier alpha value is -1.09. The quantitative estimate of drug-likeness (QED) is 0.829. The van der Waals surface area contributed by atoms with Crippen LogP contribution in [0.25, 0.3) is 0 Å². The Morgan fingerprint density at radius 1 is 1.38 bits per heavy atom. The fourth-order valence-corrected chi connectivity index (χ4v) is 2.33. The van der Waals surface area contributed by atoms with Crippen LogP contribution in [0.2, 0.25) is 0 Å². The van der Waals surface area contributed by atoms with Crippen molar-refractivity contribution in [1.29, 1.82) is 0 Å². The zero-order valence-corrected chi connectivity index (χ0v) is 10.4. The molecule has 1 aliphatic rings. The summed E-state index contributed by atoms with van der Waals surface area (Å²) < 4.78 is 0. The van der Waals surface area contributed by atoms with Gasteiger partial charge in [0.1, 0.15) is 5.82 Å². The summed E-state index contributed by atoms with van der Waals surface area (Å²) in [7, 11) is 0. The van der Waals surface area contributed by atoms with E-state index in [4.69, 9.17) is 5.73 Å². The van der Waals surface area contributed by atoms with Crippen molar-refractivity contribution in [2.24, 2.45) is 17.6 Å². The predicted molar refractivity (Wildman–Crippen MR) is 67.4 cm³/mol. The molecule has 1 aromatic rings. The van der Waals surface area contributed by atoms with E-state index >= 15 is 0 Å². The minimum absolute atomic E-state index is 0.0508. The van der Waals surface area contributed by atoms with Gasteiger partial charge in [-0.25, -0.2) is 4.98 Å². The second-order valence-electron chi connectivity index (χ2n) is 5.06. The zero-order valence-electron chi connectivity index (χ0n) is 10.4. The third kappa shape index (κ3) is 2.05.